The summed E-state index contributed by atoms with van der Waals surface area (Å²) in [4.78, 5) is 0. The molecule has 1 nitrogen and oxygen atoms in total. The summed E-state index contributed by atoms with van der Waals surface area (Å²) in [6.07, 6.45) is 0. The van der Waals surface area contributed by atoms with Gasteiger partial charge in [0, 0.05) is 6.54 Å². The quantitative estimate of drug-likeness (QED) is 0.728. The van der Waals surface area contributed by atoms with Crippen LogP contribution in [0.3, 0.4) is 0 Å². The van der Waals surface area contributed by atoms with Gasteiger partial charge in [0.15, 0.2) is 0 Å². The first-order valence-electron chi connectivity index (χ1n) is 4.19. The molecule has 0 saturated carbocycles. The Morgan fingerprint density at radius 1 is 1.42 bits per heavy atom. The molecule has 0 heterocycles. The van der Waals surface area contributed by atoms with Gasteiger partial charge in [-0.2, -0.15) is 0 Å². The first-order chi connectivity index (χ1) is 5.74. The molecular weight excluding hydrogens is 153 g/mol. The van der Waals surface area contributed by atoms with E-state index >= 15 is 0 Å². The summed E-state index contributed by atoms with van der Waals surface area (Å²) < 4.78 is 12.6. The van der Waals surface area contributed by atoms with Crippen LogP contribution >= 0.6 is 0 Å². The van der Waals surface area contributed by atoms with Gasteiger partial charge in [0.1, 0.15) is 5.82 Å². The molecule has 0 atom stereocenters. The summed E-state index contributed by atoms with van der Waals surface area (Å²) in [5, 5.41) is 3.20. The van der Waals surface area contributed by atoms with Crippen LogP contribution in [0, 0.1) is 12.7 Å². The molecule has 66 valence electrons. The Morgan fingerprint density at radius 2 is 2.17 bits per heavy atom. The molecule has 0 fully saturated rings. The van der Waals surface area contributed by atoms with Gasteiger partial charge in [-0.3, -0.25) is 0 Å². The average molecular weight is 167 g/mol. The zero-order chi connectivity index (χ0) is 8.97. The predicted octanol–water partition coefficient (Wildman–Crippen LogP) is 2.24. The topological polar surface area (TPSA) is 12.0 Å². The monoisotopic (exact) mass is 167 g/mol. The molecule has 0 radical (unpaired) electrons. The fourth-order valence-corrected chi connectivity index (χ4v) is 1.12. The first-order valence-corrected chi connectivity index (χ1v) is 4.19. The third-order valence-electron chi connectivity index (χ3n) is 1.87. The molecule has 0 saturated heterocycles. The maximum absolute atomic E-state index is 12.6. The van der Waals surface area contributed by atoms with Gasteiger partial charge in [0.25, 0.3) is 0 Å². The molecule has 0 aliphatic carbocycles. The molecular formula is C10H14FN. The molecule has 0 aliphatic rings. The molecule has 0 amide bonds. The van der Waals surface area contributed by atoms with E-state index in [-0.39, 0.29) is 5.82 Å². The van der Waals surface area contributed by atoms with E-state index in [0.717, 1.165) is 18.7 Å². The molecule has 12 heavy (non-hydrogen) atoms. The summed E-state index contributed by atoms with van der Waals surface area (Å²) in [7, 11) is 0. The second kappa shape index (κ2) is 4.21. The van der Waals surface area contributed by atoms with Crippen molar-refractivity contribution < 1.29 is 4.39 Å². The molecule has 0 aromatic heterocycles. The van der Waals surface area contributed by atoms with Gasteiger partial charge in [0.05, 0.1) is 0 Å². The largest absolute Gasteiger partial charge is 0.313 e. The third-order valence-corrected chi connectivity index (χ3v) is 1.87. The Bertz CT molecular complexity index is 258. The maximum atomic E-state index is 12.6. The van der Waals surface area contributed by atoms with Gasteiger partial charge in [-0.05, 0) is 36.7 Å². The van der Waals surface area contributed by atoms with Crippen LogP contribution in [-0.2, 0) is 6.54 Å². The van der Waals surface area contributed by atoms with Crippen molar-refractivity contribution in [2.45, 2.75) is 20.4 Å². The Kier molecular flexibility index (Phi) is 3.23. The number of nitrogens with one attached hydrogen (secondary N) is 1. The Labute approximate surface area is 72.6 Å². The summed E-state index contributed by atoms with van der Waals surface area (Å²) in [6.45, 7) is 5.74. The van der Waals surface area contributed by atoms with Crippen LogP contribution in [0.25, 0.3) is 0 Å². The Morgan fingerprint density at radius 3 is 2.75 bits per heavy atom. The van der Waals surface area contributed by atoms with Crippen molar-refractivity contribution in [1.82, 2.24) is 5.32 Å². The zero-order valence-corrected chi connectivity index (χ0v) is 7.52. The summed E-state index contributed by atoms with van der Waals surface area (Å²) in [6, 6.07) is 4.89. The second-order valence-electron chi connectivity index (χ2n) is 2.85. The van der Waals surface area contributed by atoms with E-state index in [1.54, 1.807) is 6.07 Å². The highest BCUT2D eigenvalue weighted by Gasteiger charge is 1.97. The average Bonchev–Trinajstić information content (AvgIpc) is 2.03. The molecule has 1 aromatic rings. The van der Waals surface area contributed by atoms with Crippen molar-refractivity contribution in [2.75, 3.05) is 6.54 Å². The van der Waals surface area contributed by atoms with Gasteiger partial charge in [-0.15, -0.1) is 0 Å². The van der Waals surface area contributed by atoms with Crippen LogP contribution in [-0.4, -0.2) is 6.54 Å². The second-order valence-corrected chi connectivity index (χ2v) is 2.85. The van der Waals surface area contributed by atoms with Crippen LogP contribution in [0.15, 0.2) is 18.2 Å². The minimum atomic E-state index is -0.159. The molecule has 0 aliphatic heterocycles. The first kappa shape index (κ1) is 9.20. The number of rotatable bonds is 3. The third kappa shape index (κ3) is 2.31. The van der Waals surface area contributed by atoms with Crippen molar-refractivity contribution in [3.05, 3.63) is 35.1 Å². The van der Waals surface area contributed by atoms with Crippen molar-refractivity contribution in [2.24, 2.45) is 0 Å². The van der Waals surface area contributed by atoms with Gasteiger partial charge in [-0.1, -0.05) is 13.0 Å². The standard InChI is InChI=1S/C10H14FN/c1-3-12-7-9-4-5-10(11)6-8(9)2/h4-6,12H,3,7H2,1-2H3. The number of benzene rings is 1. The molecule has 2 heteroatoms. The minimum Gasteiger partial charge on any atom is -0.313 e. The lowest BCUT2D eigenvalue weighted by Crippen LogP contribution is -2.12. The number of aryl methyl sites for hydroxylation is 1. The Hall–Kier alpha value is -0.890. The smallest absolute Gasteiger partial charge is 0.123 e. The van der Waals surface area contributed by atoms with Gasteiger partial charge < -0.3 is 5.32 Å². The van der Waals surface area contributed by atoms with Gasteiger partial charge >= 0.3 is 0 Å². The fourth-order valence-electron chi connectivity index (χ4n) is 1.12. The van der Waals surface area contributed by atoms with Crippen molar-refractivity contribution in [1.29, 1.82) is 0 Å². The number of hydrogen-bond acceptors (Lipinski definition) is 1. The maximum Gasteiger partial charge on any atom is 0.123 e. The van der Waals surface area contributed by atoms with E-state index in [9.17, 15) is 4.39 Å². The van der Waals surface area contributed by atoms with E-state index < -0.39 is 0 Å². The van der Waals surface area contributed by atoms with Crippen molar-refractivity contribution >= 4 is 0 Å². The SMILES string of the molecule is CCNCc1ccc(F)cc1C. The van der Waals surface area contributed by atoms with E-state index in [1.807, 2.05) is 13.0 Å². The lowest BCUT2D eigenvalue weighted by atomic mass is 10.1. The highest BCUT2D eigenvalue weighted by Crippen LogP contribution is 2.09. The lowest BCUT2D eigenvalue weighted by Gasteiger charge is -2.05. The predicted molar refractivity (Wildman–Crippen MR) is 48.5 cm³/mol. The van der Waals surface area contributed by atoms with E-state index in [1.165, 1.54) is 11.6 Å². The summed E-state index contributed by atoms with van der Waals surface area (Å²) in [5.41, 5.74) is 2.18. The molecule has 1 N–H and O–H groups in total. The van der Waals surface area contributed by atoms with E-state index in [2.05, 4.69) is 12.2 Å². The van der Waals surface area contributed by atoms with Crippen LogP contribution in [0.4, 0.5) is 4.39 Å². The highest BCUT2D eigenvalue weighted by atomic mass is 19.1. The summed E-state index contributed by atoms with van der Waals surface area (Å²) in [5.74, 6) is -0.159. The van der Waals surface area contributed by atoms with Gasteiger partial charge in [0.2, 0.25) is 0 Å². The fraction of sp³-hybridized carbons (Fsp3) is 0.400. The van der Waals surface area contributed by atoms with Crippen molar-refractivity contribution in [3.8, 4) is 0 Å². The minimum absolute atomic E-state index is 0.159. The molecule has 1 aromatic carbocycles. The van der Waals surface area contributed by atoms with Gasteiger partial charge in [-0.25, -0.2) is 4.39 Å². The van der Waals surface area contributed by atoms with E-state index in [0.29, 0.717) is 0 Å². The zero-order valence-electron chi connectivity index (χ0n) is 7.52. The molecule has 0 spiro atoms. The number of hydrogen-bond donors (Lipinski definition) is 1. The van der Waals surface area contributed by atoms with Crippen molar-refractivity contribution in [3.63, 3.8) is 0 Å². The van der Waals surface area contributed by atoms with Crippen LogP contribution in [0.2, 0.25) is 0 Å². The Balaban J connectivity index is 2.72. The summed E-state index contributed by atoms with van der Waals surface area (Å²) >= 11 is 0. The highest BCUT2D eigenvalue weighted by molar-refractivity contribution is 5.26. The van der Waals surface area contributed by atoms with Crippen LogP contribution in [0.1, 0.15) is 18.1 Å². The number of halogens is 1. The van der Waals surface area contributed by atoms with E-state index in [4.69, 9.17) is 0 Å². The molecule has 0 bridgehead atoms. The molecule has 0 unspecified atom stereocenters. The van der Waals surface area contributed by atoms with Crippen LogP contribution in [0.5, 0.6) is 0 Å². The molecule has 1 rings (SSSR count). The lowest BCUT2D eigenvalue weighted by molar-refractivity contribution is 0.624. The van der Waals surface area contributed by atoms with Crippen LogP contribution < -0.4 is 5.32 Å². The normalized spacial score (nSPS) is 10.2.